The van der Waals surface area contributed by atoms with Crippen LogP contribution in [0.1, 0.15) is 19.4 Å². The summed E-state index contributed by atoms with van der Waals surface area (Å²) in [7, 11) is 4.61. The molecule has 1 heterocycles. The van der Waals surface area contributed by atoms with Crippen molar-refractivity contribution in [3.05, 3.63) is 42.1 Å². The van der Waals surface area contributed by atoms with Gasteiger partial charge in [0.25, 0.3) is 0 Å². The molecule has 0 fully saturated rings. The van der Waals surface area contributed by atoms with Crippen LogP contribution in [0.2, 0.25) is 0 Å². The van der Waals surface area contributed by atoms with Gasteiger partial charge in [-0.3, -0.25) is 4.98 Å². The molecular formula is C13H17B2N. The summed E-state index contributed by atoms with van der Waals surface area (Å²) in [6, 6.07) is 10.6. The van der Waals surface area contributed by atoms with E-state index in [2.05, 4.69) is 58.8 Å². The molecule has 0 saturated carbocycles. The van der Waals surface area contributed by atoms with Crippen LogP contribution in [0.5, 0.6) is 0 Å². The van der Waals surface area contributed by atoms with E-state index >= 15 is 0 Å². The van der Waals surface area contributed by atoms with E-state index in [1.165, 1.54) is 10.9 Å². The number of aromatic nitrogens is 1. The number of benzene rings is 1. The first kappa shape index (κ1) is 11.3. The standard InChI is InChI=1S/C13H17B2N/c1-9(2)13(14,15)11-6-3-7-12-10(11)5-4-8-16-12/h3-9H,14-15H2,1-2H3. The topological polar surface area (TPSA) is 12.9 Å². The lowest BCUT2D eigenvalue weighted by atomic mass is 9.45. The molecule has 0 aliphatic carbocycles. The summed E-state index contributed by atoms with van der Waals surface area (Å²) in [4.78, 5) is 4.41. The lowest BCUT2D eigenvalue weighted by Gasteiger charge is -2.31. The van der Waals surface area contributed by atoms with E-state index in [9.17, 15) is 0 Å². The minimum Gasteiger partial charge on any atom is -0.256 e. The molecule has 1 aromatic heterocycles. The van der Waals surface area contributed by atoms with E-state index in [1.54, 1.807) is 0 Å². The first-order chi connectivity index (χ1) is 7.53. The number of hydrogen-bond donors (Lipinski definition) is 0. The Balaban J connectivity index is 2.70. The molecule has 1 nitrogen and oxygen atoms in total. The van der Waals surface area contributed by atoms with Crippen molar-refractivity contribution in [3.8, 4) is 0 Å². The lowest BCUT2D eigenvalue weighted by molar-refractivity contribution is 0.573. The Hall–Kier alpha value is -1.24. The highest BCUT2D eigenvalue weighted by Crippen LogP contribution is 2.30. The third-order valence-electron chi connectivity index (χ3n) is 3.78. The molecule has 0 unspecified atom stereocenters. The Labute approximate surface area is 99.1 Å². The lowest BCUT2D eigenvalue weighted by Crippen LogP contribution is -2.33. The maximum Gasteiger partial charge on any atom is 0.105 e. The van der Waals surface area contributed by atoms with E-state index < -0.39 is 0 Å². The molecule has 2 aromatic rings. The molecule has 0 spiro atoms. The van der Waals surface area contributed by atoms with Gasteiger partial charge >= 0.3 is 0 Å². The summed E-state index contributed by atoms with van der Waals surface area (Å²) in [5.74, 6) is 0.610. The van der Waals surface area contributed by atoms with E-state index in [-0.39, 0.29) is 5.21 Å². The van der Waals surface area contributed by atoms with Gasteiger partial charge in [-0.25, -0.2) is 0 Å². The fourth-order valence-corrected chi connectivity index (χ4v) is 1.98. The smallest absolute Gasteiger partial charge is 0.105 e. The third kappa shape index (κ3) is 1.75. The zero-order valence-corrected chi connectivity index (χ0v) is 10.5. The Morgan fingerprint density at radius 1 is 1.12 bits per heavy atom. The summed E-state index contributed by atoms with van der Waals surface area (Å²) in [5, 5.41) is 1.46. The molecule has 0 amide bonds. The average molecular weight is 209 g/mol. The molecule has 0 atom stereocenters. The number of rotatable bonds is 2. The highest BCUT2D eigenvalue weighted by atomic mass is 14.6. The van der Waals surface area contributed by atoms with Gasteiger partial charge in [0.1, 0.15) is 15.7 Å². The van der Waals surface area contributed by atoms with E-state index in [0.29, 0.717) is 5.92 Å². The van der Waals surface area contributed by atoms with Crippen molar-refractivity contribution in [3.63, 3.8) is 0 Å². The van der Waals surface area contributed by atoms with Crippen LogP contribution < -0.4 is 0 Å². The van der Waals surface area contributed by atoms with Crippen LogP contribution >= 0.6 is 0 Å². The largest absolute Gasteiger partial charge is 0.256 e. The summed E-state index contributed by atoms with van der Waals surface area (Å²) in [5.41, 5.74) is 2.49. The first-order valence-electron chi connectivity index (χ1n) is 5.87. The first-order valence-corrected chi connectivity index (χ1v) is 5.87. The molecule has 16 heavy (non-hydrogen) atoms. The Kier molecular flexibility index (Phi) is 2.79. The molecule has 3 heteroatoms. The Bertz CT molecular complexity index is 501. The average Bonchev–Trinajstić information content (AvgIpc) is 2.28. The van der Waals surface area contributed by atoms with Crippen molar-refractivity contribution in [1.82, 2.24) is 4.98 Å². The summed E-state index contributed by atoms with van der Waals surface area (Å²) >= 11 is 0. The normalized spacial score (nSPS) is 12.2. The third-order valence-corrected chi connectivity index (χ3v) is 3.78. The molecule has 0 N–H and O–H groups in total. The molecule has 0 bridgehead atoms. The van der Waals surface area contributed by atoms with Gasteiger partial charge in [0, 0.05) is 11.6 Å². The van der Waals surface area contributed by atoms with Gasteiger partial charge in [0.15, 0.2) is 0 Å². The Morgan fingerprint density at radius 3 is 2.56 bits per heavy atom. The maximum atomic E-state index is 4.41. The zero-order chi connectivity index (χ0) is 11.8. The number of pyridine rings is 1. The summed E-state index contributed by atoms with van der Waals surface area (Å²) in [6.07, 6.45) is 1.86. The van der Waals surface area contributed by atoms with E-state index in [4.69, 9.17) is 0 Å². The fourth-order valence-electron chi connectivity index (χ4n) is 1.98. The van der Waals surface area contributed by atoms with Gasteiger partial charge in [0.05, 0.1) is 5.52 Å². The van der Waals surface area contributed by atoms with Gasteiger partial charge in [0.2, 0.25) is 0 Å². The molecule has 0 radical (unpaired) electrons. The second-order valence-electron chi connectivity index (χ2n) is 5.25. The maximum absolute atomic E-state index is 4.41. The van der Waals surface area contributed by atoms with Crippen molar-refractivity contribution in [2.24, 2.45) is 5.92 Å². The van der Waals surface area contributed by atoms with Crippen LogP contribution in [0.15, 0.2) is 36.5 Å². The van der Waals surface area contributed by atoms with E-state index in [1.807, 2.05) is 12.3 Å². The van der Waals surface area contributed by atoms with Crippen LogP contribution in [0.3, 0.4) is 0 Å². The van der Waals surface area contributed by atoms with Crippen LogP contribution in [-0.2, 0) is 5.21 Å². The van der Waals surface area contributed by atoms with Crippen LogP contribution in [0, 0.1) is 5.92 Å². The van der Waals surface area contributed by atoms with Crippen molar-refractivity contribution in [1.29, 1.82) is 0 Å². The molecule has 0 aliphatic heterocycles. The van der Waals surface area contributed by atoms with Gasteiger partial charge in [-0.2, -0.15) is 0 Å². The predicted molar refractivity (Wildman–Crippen MR) is 75.3 cm³/mol. The molecular weight excluding hydrogens is 192 g/mol. The van der Waals surface area contributed by atoms with Crippen molar-refractivity contribution >= 4 is 26.6 Å². The summed E-state index contributed by atoms with van der Waals surface area (Å²) in [6.45, 7) is 4.55. The zero-order valence-electron chi connectivity index (χ0n) is 10.5. The molecule has 2 rings (SSSR count). The van der Waals surface area contributed by atoms with Gasteiger partial charge in [-0.15, -0.1) is 0 Å². The SMILES string of the molecule is BC(B)(c1cccc2ncccc12)C(C)C. The van der Waals surface area contributed by atoms with Crippen LogP contribution in [0.25, 0.3) is 10.9 Å². The molecule has 0 aliphatic rings. The van der Waals surface area contributed by atoms with Gasteiger partial charge < -0.3 is 0 Å². The van der Waals surface area contributed by atoms with Crippen molar-refractivity contribution in [2.75, 3.05) is 0 Å². The molecule has 1 aromatic carbocycles. The highest BCUT2D eigenvalue weighted by Gasteiger charge is 2.26. The number of hydrogen-bond acceptors (Lipinski definition) is 1. The minimum atomic E-state index is 0.183. The van der Waals surface area contributed by atoms with Crippen LogP contribution in [-0.4, -0.2) is 20.7 Å². The quantitative estimate of drug-likeness (QED) is 0.679. The number of nitrogens with zero attached hydrogens (tertiary/aromatic N) is 1. The predicted octanol–water partition coefficient (Wildman–Crippen LogP) is 1.31. The van der Waals surface area contributed by atoms with Crippen LogP contribution in [0.4, 0.5) is 0 Å². The molecule has 80 valence electrons. The second-order valence-corrected chi connectivity index (χ2v) is 5.25. The van der Waals surface area contributed by atoms with Gasteiger partial charge in [-0.05, 0) is 17.7 Å². The highest BCUT2D eigenvalue weighted by molar-refractivity contribution is 6.41. The van der Waals surface area contributed by atoms with E-state index in [0.717, 1.165) is 5.52 Å². The number of fused-ring (bicyclic) bond motifs is 1. The monoisotopic (exact) mass is 209 g/mol. The minimum absolute atomic E-state index is 0.183. The molecule has 0 saturated heterocycles. The van der Waals surface area contributed by atoms with Crippen molar-refractivity contribution in [2.45, 2.75) is 19.1 Å². The van der Waals surface area contributed by atoms with Crippen molar-refractivity contribution < 1.29 is 0 Å². The van der Waals surface area contributed by atoms with Gasteiger partial charge in [-0.1, -0.05) is 43.2 Å². The second kappa shape index (κ2) is 3.97. The fraction of sp³-hybridized carbons (Fsp3) is 0.308. The Morgan fingerprint density at radius 2 is 1.88 bits per heavy atom. The summed E-state index contributed by atoms with van der Waals surface area (Å²) < 4.78 is 0.